The van der Waals surface area contributed by atoms with Crippen LogP contribution in [0, 0.1) is 5.92 Å². The molecule has 1 fully saturated rings. The number of benzene rings is 1. The van der Waals surface area contributed by atoms with Crippen molar-refractivity contribution in [2.45, 2.75) is 63.7 Å². The molecule has 0 unspecified atom stereocenters. The summed E-state index contributed by atoms with van der Waals surface area (Å²) in [5.41, 5.74) is 5.13. The molecule has 1 saturated carbocycles. The zero-order valence-electron chi connectivity index (χ0n) is 12.7. The third-order valence-corrected chi connectivity index (χ3v) is 5.46. The van der Waals surface area contributed by atoms with Crippen LogP contribution in [0.4, 0.5) is 0 Å². The van der Waals surface area contributed by atoms with Gasteiger partial charge in [0, 0.05) is 6.61 Å². The average molecular weight is 258 g/mol. The van der Waals surface area contributed by atoms with E-state index in [9.17, 15) is 5.11 Å². The molecule has 0 spiro atoms. The summed E-state index contributed by atoms with van der Waals surface area (Å²) in [4.78, 5) is 0. The summed E-state index contributed by atoms with van der Waals surface area (Å²) in [6.45, 7) is 9.84. The Morgan fingerprint density at radius 1 is 1.05 bits per heavy atom. The van der Waals surface area contributed by atoms with Crippen LogP contribution in [0.15, 0.2) is 18.2 Å². The molecule has 1 nitrogen and oxygen atoms in total. The van der Waals surface area contributed by atoms with Gasteiger partial charge in [-0.05, 0) is 58.6 Å². The van der Waals surface area contributed by atoms with E-state index in [1.807, 2.05) is 0 Å². The lowest BCUT2D eigenvalue weighted by molar-refractivity contribution is 0.274. The first-order valence-corrected chi connectivity index (χ1v) is 7.61. The van der Waals surface area contributed by atoms with Gasteiger partial charge in [-0.2, -0.15) is 0 Å². The van der Waals surface area contributed by atoms with E-state index in [1.54, 1.807) is 5.56 Å². The first-order chi connectivity index (χ1) is 8.85. The lowest BCUT2D eigenvalue weighted by atomic mass is 9.63. The number of fused-ring (bicyclic) bond motifs is 1. The first kappa shape index (κ1) is 13.2. The Labute approximate surface area is 117 Å². The molecule has 2 atom stereocenters. The molecule has 1 N–H and O–H groups in total. The predicted octanol–water partition coefficient (Wildman–Crippen LogP) is 4.13. The minimum absolute atomic E-state index is 0.296. The minimum Gasteiger partial charge on any atom is -0.396 e. The van der Waals surface area contributed by atoms with E-state index < -0.39 is 0 Å². The Bertz CT molecular complexity index is 498. The van der Waals surface area contributed by atoms with Gasteiger partial charge in [0.25, 0.3) is 0 Å². The molecule has 3 rings (SSSR count). The van der Waals surface area contributed by atoms with Gasteiger partial charge in [0.15, 0.2) is 0 Å². The summed E-state index contributed by atoms with van der Waals surface area (Å²) >= 11 is 0. The normalized spacial score (nSPS) is 30.8. The molecule has 0 radical (unpaired) electrons. The summed E-state index contributed by atoms with van der Waals surface area (Å²) in [7, 11) is 0. The van der Waals surface area contributed by atoms with Gasteiger partial charge in [0.05, 0.1) is 0 Å². The van der Waals surface area contributed by atoms with Crippen molar-refractivity contribution in [3.8, 4) is 0 Å². The molecule has 19 heavy (non-hydrogen) atoms. The van der Waals surface area contributed by atoms with Gasteiger partial charge < -0.3 is 5.11 Å². The van der Waals surface area contributed by atoms with E-state index in [0.29, 0.717) is 29.3 Å². The quantitative estimate of drug-likeness (QED) is 0.845. The molecule has 104 valence electrons. The molecule has 0 aromatic heterocycles. The molecule has 2 aliphatic carbocycles. The predicted molar refractivity (Wildman–Crippen MR) is 79.7 cm³/mol. The van der Waals surface area contributed by atoms with Crippen LogP contribution in [-0.4, -0.2) is 11.7 Å². The number of rotatable bonds is 2. The molecule has 0 amide bonds. The van der Waals surface area contributed by atoms with Crippen molar-refractivity contribution in [1.29, 1.82) is 0 Å². The maximum atomic E-state index is 9.26. The largest absolute Gasteiger partial charge is 0.396 e. The highest BCUT2D eigenvalue weighted by atomic mass is 16.3. The summed E-state index contributed by atoms with van der Waals surface area (Å²) < 4.78 is 0. The number of hydrogen-bond donors (Lipinski definition) is 1. The van der Waals surface area contributed by atoms with E-state index in [4.69, 9.17) is 0 Å². The van der Waals surface area contributed by atoms with Gasteiger partial charge in [-0.1, -0.05) is 45.9 Å². The number of aliphatic hydroxyl groups is 1. The molecule has 1 aromatic rings. The smallest absolute Gasteiger partial charge is 0.0465 e. The molecule has 0 bridgehead atoms. The van der Waals surface area contributed by atoms with Crippen molar-refractivity contribution >= 4 is 0 Å². The van der Waals surface area contributed by atoms with Crippen LogP contribution < -0.4 is 0 Å². The lowest BCUT2D eigenvalue weighted by Gasteiger charge is -2.42. The monoisotopic (exact) mass is 258 g/mol. The van der Waals surface area contributed by atoms with Crippen molar-refractivity contribution in [3.63, 3.8) is 0 Å². The molecule has 0 aliphatic heterocycles. The van der Waals surface area contributed by atoms with Gasteiger partial charge >= 0.3 is 0 Å². The highest BCUT2D eigenvalue weighted by Gasteiger charge is 2.41. The Hall–Kier alpha value is -0.820. The molecule has 0 heterocycles. The Kier molecular flexibility index (Phi) is 2.83. The SMILES string of the molecule is CC1(C)CCC(C)(C)c2cc([C@H]3C[C@H]3CO)ccc21. The maximum Gasteiger partial charge on any atom is 0.0465 e. The third kappa shape index (κ3) is 2.12. The minimum atomic E-state index is 0.296. The van der Waals surface area contributed by atoms with Crippen molar-refractivity contribution < 1.29 is 5.11 Å². The van der Waals surface area contributed by atoms with Crippen LogP contribution in [0.25, 0.3) is 0 Å². The van der Waals surface area contributed by atoms with E-state index in [2.05, 4.69) is 45.9 Å². The topological polar surface area (TPSA) is 20.2 Å². The first-order valence-electron chi connectivity index (χ1n) is 7.61. The average Bonchev–Trinajstić information content (AvgIpc) is 3.14. The van der Waals surface area contributed by atoms with Gasteiger partial charge in [0.1, 0.15) is 0 Å². The van der Waals surface area contributed by atoms with Crippen LogP contribution >= 0.6 is 0 Å². The van der Waals surface area contributed by atoms with E-state index in [0.717, 1.165) is 0 Å². The van der Waals surface area contributed by atoms with Crippen molar-refractivity contribution in [1.82, 2.24) is 0 Å². The molecule has 1 heteroatoms. The zero-order chi connectivity index (χ0) is 13.8. The van der Waals surface area contributed by atoms with Crippen LogP contribution in [-0.2, 0) is 10.8 Å². The highest BCUT2D eigenvalue weighted by molar-refractivity contribution is 5.45. The summed E-state index contributed by atoms with van der Waals surface area (Å²) in [6.07, 6.45) is 3.71. The second-order valence-electron chi connectivity index (χ2n) is 7.86. The molecule has 0 saturated heterocycles. The van der Waals surface area contributed by atoms with Crippen LogP contribution in [0.5, 0.6) is 0 Å². The van der Waals surface area contributed by atoms with Crippen LogP contribution in [0.3, 0.4) is 0 Å². The van der Waals surface area contributed by atoms with Gasteiger partial charge in [-0.25, -0.2) is 0 Å². The molecule has 2 aliphatic rings. The second-order valence-corrected chi connectivity index (χ2v) is 7.86. The van der Waals surface area contributed by atoms with Crippen LogP contribution in [0.1, 0.15) is 69.6 Å². The summed E-state index contributed by atoms with van der Waals surface area (Å²) in [5.74, 6) is 1.12. The zero-order valence-corrected chi connectivity index (χ0v) is 12.7. The van der Waals surface area contributed by atoms with Gasteiger partial charge in [0.2, 0.25) is 0 Å². The van der Waals surface area contributed by atoms with Crippen molar-refractivity contribution in [2.24, 2.45) is 5.92 Å². The Morgan fingerprint density at radius 2 is 1.68 bits per heavy atom. The van der Waals surface area contributed by atoms with Gasteiger partial charge in [-0.15, -0.1) is 0 Å². The van der Waals surface area contributed by atoms with Gasteiger partial charge in [-0.3, -0.25) is 0 Å². The number of hydrogen-bond acceptors (Lipinski definition) is 1. The van der Waals surface area contributed by atoms with E-state index in [1.165, 1.54) is 30.4 Å². The fourth-order valence-corrected chi connectivity index (χ4v) is 3.69. The van der Waals surface area contributed by atoms with E-state index >= 15 is 0 Å². The van der Waals surface area contributed by atoms with Crippen molar-refractivity contribution in [3.05, 3.63) is 34.9 Å². The molecular formula is C18H26O. The highest BCUT2D eigenvalue weighted by Crippen LogP contribution is 2.51. The fourth-order valence-electron chi connectivity index (χ4n) is 3.69. The third-order valence-electron chi connectivity index (χ3n) is 5.46. The molecule has 1 aromatic carbocycles. The summed E-state index contributed by atoms with van der Waals surface area (Å²) in [5, 5.41) is 9.26. The Balaban J connectivity index is 2.03. The maximum absolute atomic E-state index is 9.26. The Morgan fingerprint density at radius 3 is 2.26 bits per heavy atom. The van der Waals surface area contributed by atoms with Crippen molar-refractivity contribution in [2.75, 3.05) is 6.61 Å². The van der Waals surface area contributed by atoms with E-state index in [-0.39, 0.29) is 0 Å². The standard InChI is InChI=1S/C18H26O/c1-17(2)7-8-18(3,4)16-10-12(5-6-15(16)17)14-9-13(14)11-19/h5-6,10,13-14,19H,7-9,11H2,1-4H3/t13-,14+/m0/s1. The number of aliphatic hydroxyl groups excluding tert-OH is 1. The fraction of sp³-hybridized carbons (Fsp3) is 0.667. The lowest BCUT2D eigenvalue weighted by Crippen LogP contribution is -2.33. The van der Waals surface area contributed by atoms with Crippen LogP contribution in [0.2, 0.25) is 0 Å². The second kappa shape index (κ2) is 4.09. The molecular weight excluding hydrogens is 232 g/mol. The summed E-state index contributed by atoms with van der Waals surface area (Å²) in [6, 6.07) is 7.11.